The maximum Gasteiger partial charge on any atom is 0.160 e. The van der Waals surface area contributed by atoms with Crippen LogP contribution in [0.25, 0.3) is 76.9 Å². The molecule has 4 heteroatoms. The number of hydrogen-bond donors (Lipinski definition) is 0. The molecule has 0 bridgehead atoms. The van der Waals surface area contributed by atoms with Crippen LogP contribution in [0, 0.1) is 0 Å². The van der Waals surface area contributed by atoms with Crippen LogP contribution in [0.5, 0.6) is 0 Å². The van der Waals surface area contributed by atoms with E-state index in [0.29, 0.717) is 5.82 Å². The number of para-hydroxylation sites is 1. The van der Waals surface area contributed by atoms with Gasteiger partial charge >= 0.3 is 0 Å². The van der Waals surface area contributed by atoms with E-state index in [0.717, 1.165) is 55.3 Å². The Hall–Kier alpha value is -5.71. The quantitative estimate of drug-likeness (QED) is 0.192. The second kappa shape index (κ2) is 11.8. The SMILES string of the molecule is c1ccc(-c2ccc(-c3nc(-c4ccccc4)cc(-c4ccc(-c5cccc6sc(-c7ccccc7)nc56)cc4)n3)cc2)cc1. The van der Waals surface area contributed by atoms with Crippen LogP contribution in [0.4, 0.5) is 0 Å². The minimum Gasteiger partial charge on any atom is -0.235 e. The molecule has 0 spiro atoms. The number of benzene rings is 6. The van der Waals surface area contributed by atoms with Crippen molar-refractivity contribution in [2.24, 2.45) is 0 Å². The molecule has 0 unspecified atom stereocenters. The van der Waals surface area contributed by atoms with Crippen molar-refractivity contribution in [3.05, 3.63) is 164 Å². The van der Waals surface area contributed by atoms with Crippen LogP contribution < -0.4 is 0 Å². The van der Waals surface area contributed by atoms with E-state index in [4.69, 9.17) is 15.0 Å². The van der Waals surface area contributed by atoms with Gasteiger partial charge in [0.05, 0.1) is 21.6 Å². The monoisotopic (exact) mass is 593 g/mol. The van der Waals surface area contributed by atoms with Crippen LogP contribution in [0.2, 0.25) is 0 Å². The summed E-state index contributed by atoms with van der Waals surface area (Å²) in [7, 11) is 0. The van der Waals surface area contributed by atoms with Gasteiger partial charge in [0.25, 0.3) is 0 Å². The average molecular weight is 594 g/mol. The van der Waals surface area contributed by atoms with Crippen molar-refractivity contribution < 1.29 is 0 Å². The molecule has 0 atom stereocenters. The van der Waals surface area contributed by atoms with Gasteiger partial charge in [0.1, 0.15) is 5.01 Å². The summed E-state index contributed by atoms with van der Waals surface area (Å²) < 4.78 is 1.18. The summed E-state index contributed by atoms with van der Waals surface area (Å²) in [5, 5.41) is 1.04. The maximum absolute atomic E-state index is 5.07. The predicted octanol–water partition coefficient (Wildman–Crippen LogP) is 11.1. The van der Waals surface area contributed by atoms with Crippen molar-refractivity contribution in [1.82, 2.24) is 15.0 Å². The van der Waals surface area contributed by atoms with Gasteiger partial charge in [0.2, 0.25) is 0 Å². The lowest BCUT2D eigenvalue weighted by Crippen LogP contribution is -1.96. The Morgan fingerprint density at radius 2 is 0.844 bits per heavy atom. The highest BCUT2D eigenvalue weighted by Gasteiger charge is 2.14. The molecule has 0 radical (unpaired) electrons. The Morgan fingerprint density at radius 1 is 0.356 bits per heavy atom. The van der Waals surface area contributed by atoms with E-state index in [-0.39, 0.29) is 0 Å². The van der Waals surface area contributed by atoms with E-state index in [9.17, 15) is 0 Å². The van der Waals surface area contributed by atoms with Crippen LogP contribution in [0.1, 0.15) is 0 Å². The first-order chi connectivity index (χ1) is 22.3. The predicted molar refractivity (Wildman–Crippen MR) is 188 cm³/mol. The van der Waals surface area contributed by atoms with Crippen molar-refractivity contribution in [3.63, 3.8) is 0 Å². The van der Waals surface area contributed by atoms with Gasteiger partial charge in [-0.25, -0.2) is 15.0 Å². The number of aromatic nitrogens is 3. The molecule has 0 aliphatic heterocycles. The summed E-state index contributed by atoms with van der Waals surface area (Å²) in [6, 6.07) is 56.7. The van der Waals surface area contributed by atoms with Crippen LogP contribution in [-0.4, -0.2) is 15.0 Å². The topological polar surface area (TPSA) is 38.7 Å². The molecule has 212 valence electrons. The van der Waals surface area contributed by atoms with E-state index in [1.165, 1.54) is 15.8 Å². The fourth-order valence-electron chi connectivity index (χ4n) is 5.63. The fraction of sp³-hybridized carbons (Fsp3) is 0. The number of thiazole rings is 1. The van der Waals surface area contributed by atoms with Crippen LogP contribution >= 0.6 is 11.3 Å². The first-order valence-electron chi connectivity index (χ1n) is 14.9. The summed E-state index contributed by atoms with van der Waals surface area (Å²) in [5.74, 6) is 0.704. The van der Waals surface area contributed by atoms with Gasteiger partial charge in [-0.15, -0.1) is 11.3 Å². The Bertz CT molecular complexity index is 2220. The lowest BCUT2D eigenvalue weighted by Gasteiger charge is -2.11. The third kappa shape index (κ3) is 5.44. The molecule has 0 saturated heterocycles. The standard InChI is InChI=1S/C41H27N3S/c1-4-11-28(12-5-1)29-19-25-33(26-20-29)40-42-36(31-13-6-2-7-14-31)27-37(43-40)32-23-21-30(22-24-32)35-17-10-18-38-39(35)44-41(45-38)34-15-8-3-9-16-34/h1-27H. The Morgan fingerprint density at radius 3 is 1.49 bits per heavy atom. The van der Waals surface area contributed by atoms with E-state index < -0.39 is 0 Å². The first-order valence-corrected chi connectivity index (χ1v) is 15.8. The molecule has 2 heterocycles. The highest BCUT2D eigenvalue weighted by Crippen LogP contribution is 2.37. The van der Waals surface area contributed by atoms with Gasteiger partial charge < -0.3 is 0 Å². The van der Waals surface area contributed by atoms with E-state index in [1.54, 1.807) is 11.3 Å². The molecule has 0 fully saturated rings. The summed E-state index contributed by atoms with van der Waals surface area (Å²) in [6.45, 7) is 0. The number of rotatable bonds is 6. The van der Waals surface area contributed by atoms with Crippen molar-refractivity contribution in [2.45, 2.75) is 0 Å². The van der Waals surface area contributed by atoms with Crippen molar-refractivity contribution in [1.29, 1.82) is 0 Å². The van der Waals surface area contributed by atoms with Gasteiger partial charge in [0.15, 0.2) is 5.82 Å². The largest absolute Gasteiger partial charge is 0.235 e. The van der Waals surface area contributed by atoms with Gasteiger partial charge in [0, 0.05) is 27.8 Å². The molecule has 3 nitrogen and oxygen atoms in total. The molecule has 0 saturated carbocycles. The molecule has 0 N–H and O–H groups in total. The lowest BCUT2D eigenvalue weighted by atomic mass is 10.0. The zero-order valence-corrected chi connectivity index (χ0v) is 25.2. The maximum atomic E-state index is 5.07. The Kier molecular flexibility index (Phi) is 7.02. The zero-order chi connectivity index (χ0) is 30.0. The molecule has 8 aromatic rings. The molecule has 2 aromatic heterocycles. The zero-order valence-electron chi connectivity index (χ0n) is 24.3. The third-order valence-corrected chi connectivity index (χ3v) is 9.05. The summed E-state index contributed by atoms with van der Waals surface area (Å²) in [6.07, 6.45) is 0. The van der Waals surface area contributed by atoms with Crippen LogP contribution in [0.15, 0.2) is 164 Å². The van der Waals surface area contributed by atoms with E-state index >= 15 is 0 Å². The van der Waals surface area contributed by atoms with Gasteiger partial charge in [-0.3, -0.25) is 0 Å². The van der Waals surface area contributed by atoms with Crippen molar-refractivity contribution in [2.75, 3.05) is 0 Å². The van der Waals surface area contributed by atoms with Gasteiger partial charge in [-0.1, -0.05) is 152 Å². The minimum absolute atomic E-state index is 0.704. The van der Waals surface area contributed by atoms with Crippen molar-refractivity contribution >= 4 is 21.6 Å². The van der Waals surface area contributed by atoms with E-state index in [2.05, 4.69) is 133 Å². The first kappa shape index (κ1) is 26.9. The van der Waals surface area contributed by atoms with Gasteiger partial charge in [-0.2, -0.15) is 0 Å². The Labute approximate surface area is 266 Å². The second-order valence-electron chi connectivity index (χ2n) is 10.9. The highest BCUT2D eigenvalue weighted by molar-refractivity contribution is 7.21. The molecule has 6 aromatic carbocycles. The smallest absolute Gasteiger partial charge is 0.160 e. The molecular weight excluding hydrogens is 567 g/mol. The Balaban J connectivity index is 1.17. The molecule has 0 aliphatic rings. The summed E-state index contributed by atoms with van der Waals surface area (Å²) in [4.78, 5) is 15.1. The van der Waals surface area contributed by atoms with E-state index in [1.807, 2.05) is 30.3 Å². The molecular formula is C41H27N3S. The average Bonchev–Trinajstić information content (AvgIpc) is 3.58. The third-order valence-electron chi connectivity index (χ3n) is 7.98. The number of fused-ring (bicyclic) bond motifs is 1. The lowest BCUT2D eigenvalue weighted by molar-refractivity contribution is 1.18. The molecule has 0 amide bonds. The molecule has 0 aliphatic carbocycles. The van der Waals surface area contributed by atoms with Crippen LogP contribution in [0.3, 0.4) is 0 Å². The number of hydrogen-bond acceptors (Lipinski definition) is 4. The minimum atomic E-state index is 0.704. The van der Waals surface area contributed by atoms with Gasteiger partial charge in [-0.05, 0) is 28.8 Å². The van der Waals surface area contributed by atoms with Crippen molar-refractivity contribution in [3.8, 4) is 66.7 Å². The summed E-state index contributed by atoms with van der Waals surface area (Å²) in [5.41, 5.74) is 11.6. The fourth-order valence-corrected chi connectivity index (χ4v) is 6.63. The molecule has 8 rings (SSSR count). The number of nitrogens with zero attached hydrogens (tertiary/aromatic N) is 3. The molecule has 45 heavy (non-hydrogen) atoms. The van der Waals surface area contributed by atoms with Crippen LogP contribution in [-0.2, 0) is 0 Å². The second-order valence-corrected chi connectivity index (χ2v) is 11.9. The highest BCUT2D eigenvalue weighted by atomic mass is 32.1. The normalized spacial score (nSPS) is 11.1. The summed E-state index contributed by atoms with van der Waals surface area (Å²) >= 11 is 1.73.